The maximum Gasteiger partial charge on any atom is 0.152 e. The summed E-state index contributed by atoms with van der Waals surface area (Å²) in [6.45, 7) is 1.32. The van der Waals surface area contributed by atoms with Crippen LogP contribution in [0.4, 0.5) is 0 Å². The number of ether oxygens (including phenoxy) is 2. The number of hydrogen-bond donors (Lipinski definition) is 0. The Balaban J connectivity index is 1.78. The Morgan fingerprint density at radius 1 is 1.46 bits per heavy atom. The lowest BCUT2D eigenvalue weighted by Crippen LogP contribution is -2.32. The smallest absolute Gasteiger partial charge is 0.152 e. The molecule has 2 rings (SSSR count). The molecule has 0 bridgehead atoms. The Morgan fingerprint density at radius 3 is 2.85 bits per heavy atom. The Bertz CT molecular complexity index is 268. The fourth-order valence-corrected chi connectivity index (χ4v) is 3.12. The van der Waals surface area contributed by atoms with Crippen LogP contribution in [0, 0.1) is 0 Å². The summed E-state index contributed by atoms with van der Waals surface area (Å²) in [6.07, 6.45) is 1.73. The first-order valence-electron chi connectivity index (χ1n) is 4.59. The Kier molecular flexibility index (Phi) is 2.58. The van der Waals surface area contributed by atoms with Crippen molar-refractivity contribution in [2.75, 3.05) is 24.7 Å². The highest BCUT2D eigenvalue weighted by Crippen LogP contribution is 2.17. The number of sulfone groups is 1. The normalized spacial score (nSPS) is 37.2. The van der Waals surface area contributed by atoms with Crippen LogP contribution in [0.1, 0.15) is 12.8 Å². The highest BCUT2D eigenvalue weighted by molar-refractivity contribution is 7.91. The first-order valence-corrected chi connectivity index (χ1v) is 6.41. The van der Waals surface area contributed by atoms with Gasteiger partial charge < -0.3 is 9.47 Å². The standard InChI is InChI=1S/C8H14O4S/c9-13(10)3-1-2-7(6-13)11-4-8-5-12-8/h7-8H,1-6H2. The molecule has 0 aromatic rings. The van der Waals surface area contributed by atoms with Crippen molar-refractivity contribution in [3.05, 3.63) is 0 Å². The minimum atomic E-state index is -2.83. The molecule has 4 nitrogen and oxygen atoms in total. The molecule has 13 heavy (non-hydrogen) atoms. The third kappa shape index (κ3) is 2.93. The summed E-state index contributed by atoms with van der Waals surface area (Å²) in [6, 6.07) is 0. The average Bonchev–Trinajstić information content (AvgIpc) is 2.82. The molecule has 5 heteroatoms. The van der Waals surface area contributed by atoms with Crippen LogP contribution in [0.2, 0.25) is 0 Å². The van der Waals surface area contributed by atoms with Crippen LogP contribution in [0.3, 0.4) is 0 Å². The molecule has 0 spiro atoms. The van der Waals surface area contributed by atoms with Crippen LogP contribution in [-0.2, 0) is 19.3 Å². The van der Waals surface area contributed by atoms with Gasteiger partial charge in [0, 0.05) is 0 Å². The van der Waals surface area contributed by atoms with Crippen molar-refractivity contribution >= 4 is 9.84 Å². The first kappa shape index (κ1) is 9.43. The fraction of sp³-hybridized carbons (Fsp3) is 1.00. The second-order valence-corrected chi connectivity index (χ2v) is 5.90. The van der Waals surface area contributed by atoms with Crippen LogP contribution in [0.5, 0.6) is 0 Å². The molecule has 0 aliphatic carbocycles. The zero-order valence-electron chi connectivity index (χ0n) is 7.44. The predicted molar refractivity (Wildman–Crippen MR) is 47.4 cm³/mol. The lowest BCUT2D eigenvalue weighted by molar-refractivity contribution is 0.0487. The molecule has 0 aromatic carbocycles. The van der Waals surface area contributed by atoms with E-state index in [4.69, 9.17) is 9.47 Å². The van der Waals surface area contributed by atoms with Gasteiger partial charge >= 0.3 is 0 Å². The third-order valence-corrected chi connectivity index (χ3v) is 4.13. The SMILES string of the molecule is O=S1(=O)CCCC(OCC2CO2)C1. The molecule has 0 radical (unpaired) electrons. The molecule has 0 aromatic heterocycles. The van der Waals surface area contributed by atoms with E-state index >= 15 is 0 Å². The minimum absolute atomic E-state index is 0.0945. The van der Waals surface area contributed by atoms with E-state index in [0.717, 1.165) is 19.4 Å². The minimum Gasteiger partial charge on any atom is -0.374 e. The largest absolute Gasteiger partial charge is 0.374 e. The molecule has 2 heterocycles. The van der Waals surface area contributed by atoms with Crippen molar-refractivity contribution in [1.29, 1.82) is 0 Å². The molecule has 2 aliphatic rings. The average molecular weight is 206 g/mol. The van der Waals surface area contributed by atoms with E-state index in [-0.39, 0.29) is 18.0 Å². The maximum atomic E-state index is 11.2. The van der Waals surface area contributed by atoms with Gasteiger partial charge in [0.05, 0.1) is 30.8 Å². The summed E-state index contributed by atoms with van der Waals surface area (Å²) in [5, 5.41) is 0. The van der Waals surface area contributed by atoms with Crippen LogP contribution >= 0.6 is 0 Å². The quantitative estimate of drug-likeness (QED) is 0.609. The number of rotatable bonds is 3. The third-order valence-electron chi connectivity index (χ3n) is 2.34. The zero-order chi connectivity index (χ0) is 9.31. The van der Waals surface area contributed by atoms with Gasteiger partial charge in [0.2, 0.25) is 0 Å². The second-order valence-electron chi connectivity index (χ2n) is 3.67. The van der Waals surface area contributed by atoms with Gasteiger partial charge in [0.25, 0.3) is 0 Å². The van der Waals surface area contributed by atoms with Gasteiger partial charge in [-0.3, -0.25) is 0 Å². The topological polar surface area (TPSA) is 55.9 Å². The van der Waals surface area contributed by atoms with Crippen molar-refractivity contribution in [3.8, 4) is 0 Å². The molecule has 2 atom stereocenters. The van der Waals surface area contributed by atoms with E-state index in [1.54, 1.807) is 0 Å². The number of hydrogen-bond acceptors (Lipinski definition) is 4. The van der Waals surface area contributed by atoms with Crippen LogP contribution < -0.4 is 0 Å². The van der Waals surface area contributed by atoms with Crippen molar-refractivity contribution in [2.24, 2.45) is 0 Å². The van der Waals surface area contributed by atoms with E-state index in [2.05, 4.69) is 0 Å². The summed E-state index contributed by atoms with van der Waals surface area (Å²) in [7, 11) is -2.83. The molecule has 0 amide bonds. The Labute approximate surface area is 78.1 Å². The molecule has 2 saturated heterocycles. The summed E-state index contributed by atoms with van der Waals surface area (Å²) < 4.78 is 32.8. The van der Waals surface area contributed by atoms with Gasteiger partial charge in [0.1, 0.15) is 6.10 Å². The highest BCUT2D eigenvalue weighted by Gasteiger charge is 2.28. The lowest BCUT2D eigenvalue weighted by atomic mass is 10.2. The van der Waals surface area contributed by atoms with E-state index in [1.165, 1.54) is 0 Å². The van der Waals surface area contributed by atoms with Crippen LogP contribution in [0.15, 0.2) is 0 Å². The second kappa shape index (κ2) is 3.55. The number of epoxide rings is 1. The molecule has 76 valence electrons. The zero-order valence-corrected chi connectivity index (χ0v) is 8.26. The van der Waals surface area contributed by atoms with Gasteiger partial charge in [-0.2, -0.15) is 0 Å². The summed E-state index contributed by atoms with van der Waals surface area (Å²) in [5.74, 6) is 0.520. The van der Waals surface area contributed by atoms with E-state index in [1.807, 2.05) is 0 Å². The van der Waals surface area contributed by atoms with Gasteiger partial charge in [-0.25, -0.2) is 8.42 Å². The van der Waals surface area contributed by atoms with Crippen molar-refractivity contribution < 1.29 is 17.9 Å². The molecular formula is C8H14O4S. The van der Waals surface area contributed by atoms with E-state index in [0.29, 0.717) is 12.4 Å². The summed E-state index contributed by atoms with van der Waals surface area (Å²) in [4.78, 5) is 0. The molecule has 0 saturated carbocycles. The first-order chi connectivity index (χ1) is 6.16. The van der Waals surface area contributed by atoms with Crippen molar-refractivity contribution in [2.45, 2.75) is 25.0 Å². The molecule has 0 N–H and O–H groups in total. The molecule has 2 unspecified atom stereocenters. The Hall–Kier alpha value is -0.130. The maximum absolute atomic E-state index is 11.2. The van der Waals surface area contributed by atoms with Gasteiger partial charge in [-0.05, 0) is 12.8 Å². The summed E-state index contributed by atoms with van der Waals surface area (Å²) in [5.41, 5.74) is 0. The predicted octanol–water partition coefficient (Wildman–Crippen LogP) is -0.0210. The highest BCUT2D eigenvalue weighted by atomic mass is 32.2. The van der Waals surface area contributed by atoms with Crippen LogP contribution in [0.25, 0.3) is 0 Å². The molecule has 2 fully saturated rings. The van der Waals surface area contributed by atoms with Gasteiger partial charge in [-0.15, -0.1) is 0 Å². The lowest BCUT2D eigenvalue weighted by Gasteiger charge is -2.21. The monoisotopic (exact) mass is 206 g/mol. The van der Waals surface area contributed by atoms with Crippen LogP contribution in [-0.4, -0.2) is 45.3 Å². The van der Waals surface area contributed by atoms with E-state index < -0.39 is 9.84 Å². The Morgan fingerprint density at radius 2 is 2.23 bits per heavy atom. The van der Waals surface area contributed by atoms with Crippen molar-refractivity contribution in [3.63, 3.8) is 0 Å². The summed E-state index contributed by atoms with van der Waals surface area (Å²) >= 11 is 0. The van der Waals surface area contributed by atoms with Gasteiger partial charge in [-0.1, -0.05) is 0 Å². The van der Waals surface area contributed by atoms with E-state index in [9.17, 15) is 8.42 Å². The van der Waals surface area contributed by atoms with Crippen molar-refractivity contribution in [1.82, 2.24) is 0 Å². The fourth-order valence-electron chi connectivity index (χ4n) is 1.52. The van der Waals surface area contributed by atoms with Gasteiger partial charge in [0.15, 0.2) is 9.84 Å². The molecular weight excluding hydrogens is 192 g/mol. The molecule has 2 aliphatic heterocycles.